The molecular weight excluding hydrogens is 328 g/mol. The summed E-state index contributed by atoms with van der Waals surface area (Å²) in [6.07, 6.45) is 1.99. The fraction of sp³-hybridized carbons (Fsp3) is 0.235. The van der Waals surface area contributed by atoms with Crippen molar-refractivity contribution in [3.63, 3.8) is 0 Å². The summed E-state index contributed by atoms with van der Waals surface area (Å²) in [7, 11) is -3.75. The molecule has 2 rings (SSSR count). The van der Waals surface area contributed by atoms with Crippen LogP contribution in [0.4, 0.5) is 5.69 Å². The number of ether oxygens (including phenoxy) is 1. The number of sulfonamides is 1. The summed E-state index contributed by atoms with van der Waals surface area (Å²) in [5, 5.41) is 7.74. The average molecular weight is 348 g/mol. The molecule has 0 bridgehead atoms. The van der Waals surface area contributed by atoms with E-state index in [9.17, 15) is 13.2 Å². The lowest BCUT2D eigenvalue weighted by atomic mass is 10.2. The molecule has 128 valence electrons. The summed E-state index contributed by atoms with van der Waals surface area (Å²) in [5.41, 5.74) is 0.934. The highest BCUT2D eigenvalue weighted by atomic mass is 32.2. The van der Waals surface area contributed by atoms with Gasteiger partial charge in [0.2, 0.25) is 10.0 Å². The molecule has 0 fully saturated rings. The first kappa shape index (κ1) is 18.0. The lowest BCUT2D eigenvalue weighted by Gasteiger charge is -2.09. The monoisotopic (exact) mass is 348 g/mol. The predicted molar refractivity (Wildman–Crippen MR) is 92.6 cm³/mol. The number of nitrogens with two attached hydrogens (primary N) is 1. The van der Waals surface area contributed by atoms with E-state index in [0.717, 1.165) is 12.8 Å². The maximum Gasteiger partial charge on any atom is 0.255 e. The van der Waals surface area contributed by atoms with Crippen molar-refractivity contribution in [2.45, 2.75) is 24.7 Å². The number of benzene rings is 2. The van der Waals surface area contributed by atoms with Crippen LogP contribution in [0.2, 0.25) is 0 Å². The Hall–Kier alpha value is -2.38. The number of hydrogen-bond donors (Lipinski definition) is 2. The lowest BCUT2D eigenvalue weighted by Crippen LogP contribution is -2.14. The van der Waals surface area contributed by atoms with Gasteiger partial charge in [-0.05, 0) is 48.9 Å². The van der Waals surface area contributed by atoms with Gasteiger partial charge < -0.3 is 10.1 Å². The van der Waals surface area contributed by atoms with Crippen LogP contribution in [0.5, 0.6) is 5.75 Å². The number of nitrogens with one attached hydrogen (secondary N) is 1. The zero-order chi connectivity index (χ0) is 17.6. The first-order valence-electron chi connectivity index (χ1n) is 7.57. The van der Waals surface area contributed by atoms with Crippen molar-refractivity contribution >= 4 is 21.6 Å². The fourth-order valence-corrected chi connectivity index (χ4v) is 2.51. The minimum Gasteiger partial charge on any atom is -0.494 e. The van der Waals surface area contributed by atoms with Crippen LogP contribution in [-0.4, -0.2) is 20.9 Å². The molecule has 2 aromatic rings. The second-order valence-electron chi connectivity index (χ2n) is 5.25. The molecule has 6 nitrogen and oxygen atoms in total. The van der Waals surface area contributed by atoms with E-state index in [0.29, 0.717) is 23.6 Å². The van der Waals surface area contributed by atoms with Crippen LogP contribution in [0.15, 0.2) is 53.4 Å². The van der Waals surface area contributed by atoms with Crippen molar-refractivity contribution in [3.8, 4) is 5.75 Å². The van der Waals surface area contributed by atoms with Crippen molar-refractivity contribution in [1.82, 2.24) is 0 Å². The molecule has 2 aromatic carbocycles. The zero-order valence-corrected chi connectivity index (χ0v) is 14.2. The van der Waals surface area contributed by atoms with Crippen molar-refractivity contribution in [3.05, 3.63) is 54.1 Å². The van der Waals surface area contributed by atoms with Gasteiger partial charge in [0.1, 0.15) is 5.75 Å². The predicted octanol–water partition coefficient (Wildman–Crippen LogP) is 2.77. The Morgan fingerprint density at radius 1 is 1.17 bits per heavy atom. The first-order chi connectivity index (χ1) is 11.4. The van der Waals surface area contributed by atoms with Gasteiger partial charge in [0.25, 0.3) is 5.91 Å². The third-order valence-electron chi connectivity index (χ3n) is 3.30. The van der Waals surface area contributed by atoms with Gasteiger partial charge in [-0.15, -0.1) is 0 Å². The van der Waals surface area contributed by atoms with E-state index in [4.69, 9.17) is 9.88 Å². The van der Waals surface area contributed by atoms with Crippen LogP contribution in [0, 0.1) is 0 Å². The maximum absolute atomic E-state index is 12.3. The molecule has 0 aliphatic heterocycles. The van der Waals surface area contributed by atoms with Gasteiger partial charge >= 0.3 is 0 Å². The fourth-order valence-electron chi connectivity index (χ4n) is 1.99. The maximum atomic E-state index is 12.3. The molecule has 0 aliphatic carbocycles. The average Bonchev–Trinajstić information content (AvgIpc) is 2.55. The molecule has 7 heteroatoms. The number of amides is 1. The van der Waals surface area contributed by atoms with Crippen molar-refractivity contribution < 1.29 is 17.9 Å². The van der Waals surface area contributed by atoms with Crippen LogP contribution in [0.1, 0.15) is 30.1 Å². The molecule has 0 unspecified atom stereocenters. The Balaban J connectivity index is 2.05. The van der Waals surface area contributed by atoms with Crippen molar-refractivity contribution in [2.75, 3.05) is 11.9 Å². The second kappa shape index (κ2) is 7.94. The van der Waals surface area contributed by atoms with Crippen LogP contribution < -0.4 is 15.2 Å². The van der Waals surface area contributed by atoms with Crippen molar-refractivity contribution in [2.24, 2.45) is 5.14 Å². The Bertz CT molecular complexity index is 802. The van der Waals surface area contributed by atoms with E-state index >= 15 is 0 Å². The number of carbonyl (C=O) groups is 1. The topological polar surface area (TPSA) is 98.5 Å². The number of carbonyl (C=O) groups excluding carboxylic acids is 1. The molecule has 0 saturated heterocycles. The standard InChI is InChI=1S/C17H20N2O4S/c1-2-3-11-23-15-6-4-5-13(12-15)17(20)19-14-7-9-16(10-8-14)24(18,21)22/h4-10,12H,2-3,11H2,1H3,(H,19,20)(H2,18,21,22). The highest BCUT2D eigenvalue weighted by Crippen LogP contribution is 2.17. The quantitative estimate of drug-likeness (QED) is 0.752. The van der Waals surface area contributed by atoms with Gasteiger partial charge in [-0.25, -0.2) is 13.6 Å². The summed E-state index contributed by atoms with van der Waals surface area (Å²) in [4.78, 5) is 12.3. The number of unbranched alkanes of at least 4 members (excludes halogenated alkanes) is 1. The van der Waals surface area contributed by atoms with Gasteiger partial charge in [0, 0.05) is 11.3 Å². The summed E-state index contributed by atoms with van der Waals surface area (Å²) < 4.78 is 28.0. The largest absolute Gasteiger partial charge is 0.494 e. The second-order valence-corrected chi connectivity index (χ2v) is 6.81. The van der Waals surface area contributed by atoms with Crippen molar-refractivity contribution in [1.29, 1.82) is 0 Å². The Morgan fingerprint density at radius 3 is 2.50 bits per heavy atom. The SMILES string of the molecule is CCCCOc1cccc(C(=O)Nc2ccc(S(N)(=O)=O)cc2)c1. The van der Waals surface area contributed by atoms with E-state index in [1.165, 1.54) is 24.3 Å². The van der Waals surface area contributed by atoms with Gasteiger partial charge in [0.15, 0.2) is 0 Å². The lowest BCUT2D eigenvalue weighted by molar-refractivity contribution is 0.102. The van der Waals surface area contributed by atoms with Gasteiger partial charge in [0.05, 0.1) is 11.5 Å². The Morgan fingerprint density at radius 2 is 1.88 bits per heavy atom. The van der Waals surface area contributed by atoms with Gasteiger partial charge in [-0.1, -0.05) is 19.4 Å². The third-order valence-corrected chi connectivity index (χ3v) is 4.23. The van der Waals surface area contributed by atoms with Crippen LogP contribution >= 0.6 is 0 Å². The number of rotatable bonds is 7. The molecule has 0 aromatic heterocycles. The summed E-state index contributed by atoms with van der Waals surface area (Å²) in [6, 6.07) is 12.6. The molecule has 0 aliphatic rings. The zero-order valence-electron chi connectivity index (χ0n) is 13.4. The van der Waals surface area contributed by atoms with Crippen LogP contribution in [0.3, 0.4) is 0 Å². The highest BCUT2D eigenvalue weighted by molar-refractivity contribution is 7.89. The smallest absolute Gasteiger partial charge is 0.255 e. The molecule has 0 atom stereocenters. The molecule has 0 spiro atoms. The summed E-state index contributed by atoms with van der Waals surface area (Å²) in [5.74, 6) is 0.333. The number of anilines is 1. The van der Waals surface area contributed by atoms with E-state index in [1.807, 2.05) is 0 Å². The molecule has 0 heterocycles. The first-order valence-corrected chi connectivity index (χ1v) is 9.12. The molecule has 3 N–H and O–H groups in total. The van der Waals surface area contributed by atoms with Gasteiger partial charge in [-0.3, -0.25) is 4.79 Å². The highest BCUT2D eigenvalue weighted by Gasteiger charge is 2.10. The normalized spacial score (nSPS) is 11.1. The molecule has 0 saturated carbocycles. The Kier molecular flexibility index (Phi) is 5.94. The van der Waals surface area contributed by atoms with E-state index in [2.05, 4.69) is 12.2 Å². The summed E-state index contributed by atoms with van der Waals surface area (Å²) >= 11 is 0. The number of hydrogen-bond acceptors (Lipinski definition) is 4. The van der Waals surface area contributed by atoms with Gasteiger partial charge in [-0.2, -0.15) is 0 Å². The van der Waals surface area contributed by atoms with Crippen LogP contribution in [-0.2, 0) is 10.0 Å². The molecule has 24 heavy (non-hydrogen) atoms. The molecule has 1 amide bonds. The Labute approximate surface area is 141 Å². The summed E-state index contributed by atoms with van der Waals surface area (Å²) in [6.45, 7) is 2.69. The minimum atomic E-state index is -3.75. The molecular formula is C17H20N2O4S. The van der Waals surface area contributed by atoms with E-state index in [1.54, 1.807) is 24.3 Å². The molecule has 0 radical (unpaired) electrons. The van der Waals surface area contributed by atoms with Crippen LogP contribution in [0.25, 0.3) is 0 Å². The van der Waals surface area contributed by atoms with E-state index < -0.39 is 10.0 Å². The third kappa shape index (κ3) is 5.07. The minimum absolute atomic E-state index is 0.00757. The number of primary sulfonamides is 1. The van der Waals surface area contributed by atoms with E-state index in [-0.39, 0.29) is 10.8 Å².